The third kappa shape index (κ3) is 2.77. The monoisotopic (exact) mass is 383 g/mol. The maximum Gasteiger partial charge on any atom is 0.354 e. The van der Waals surface area contributed by atoms with Crippen LogP contribution in [-0.2, 0) is 6.54 Å². The van der Waals surface area contributed by atoms with E-state index in [1.165, 1.54) is 0 Å². The molecule has 26 heavy (non-hydrogen) atoms. The molecule has 4 rings (SSSR count). The summed E-state index contributed by atoms with van der Waals surface area (Å²) >= 11 is 7.98. The van der Waals surface area contributed by atoms with Crippen LogP contribution in [-0.4, -0.2) is 25.6 Å². The summed E-state index contributed by atoms with van der Waals surface area (Å²) < 4.78 is 2.80. The van der Waals surface area contributed by atoms with Gasteiger partial charge in [0.05, 0.1) is 12.2 Å². The highest BCUT2D eigenvalue weighted by molar-refractivity contribution is 7.17. The van der Waals surface area contributed by atoms with E-state index in [0.717, 1.165) is 21.2 Å². The van der Waals surface area contributed by atoms with E-state index in [2.05, 4.69) is 9.97 Å². The first kappa shape index (κ1) is 16.8. The van der Waals surface area contributed by atoms with Crippen molar-refractivity contribution in [1.82, 2.24) is 14.5 Å². The fourth-order valence-corrected chi connectivity index (χ4v) is 4.44. The predicted octanol–water partition coefficient (Wildman–Crippen LogP) is 4.87. The molecule has 0 saturated heterocycles. The Morgan fingerprint density at radius 1 is 1.31 bits per heavy atom. The Morgan fingerprint density at radius 2 is 2.15 bits per heavy atom. The second-order valence-electron chi connectivity index (χ2n) is 5.88. The van der Waals surface area contributed by atoms with E-state index in [9.17, 15) is 9.90 Å². The summed E-state index contributed by atoms with van der Waals surface area (Å²) in [4.78, 5) is 20.5. The predicted molar refractivity (Wildman–Crippen MR) is 103 cm³/mol. The summed E-state index contributed by atoms with van der Waals surface area (Å²) in [5, 5.41) is 13.3. The topological polar surface area (TPSA) is 68.0 Å². The number of benzene rings is 1. The van der Waals surface area contributed by atoms with Crippen molar-refractivity contribution in [2.24, 2.45) is 0 Å². The fourth-order valence-electron chi connectivity index (χ4n) is 3.11. The lowest BCUT2D eigenvalue weighted by molar-refractivity contribution is 0.0685. The number of halogens is 1. The Balaban J connectivity index is 1.91. The molecule has 1 aromatic carbocycles. The van der Waals surface area contributed by atoms with Crippen LogP contribution >= 0.6 is 22.9 Å². The number of carboxylic acids is 1. The first-order chi connectivity index (χ1) is 12.6. The molecule has 0 fully saturated rings. The summed E-state index contributed by atoms with van der Waals surface area (Å²) in [6.45, 7) is 2.08. The van der Waals surface area contributed by atoms with Crippen LogP contribution in [0, 0.1) is 6.92 Å². The summed E-state index contributed by atoms with van der Waals surface area (Å²) in [6, 6.07) is 9.45. The molecular formula is C19H14ClN3O2S. The number of nitrogens with zero attached hydrogens (tertiary/aromatic N) is 3. The highest BCUT2D eigenvalue weighted by Crippen LogP contribution is 2.34. The first-order valence-electron chi connectivity index (χ1n) is 7.91. The minimum absolute atomic E-state index is 0.176. The van der Waals surface area contributed by atoms with Crippen molar-refractivity contribution in [2.45, 2.75) is 13.5 Å². The largest absolute Gasteiger partial charge is 0.477 e. The molecule has 0 amide bonds. The van der Waals surface area contributed by atoms with Crippen molar-refractivity contribution < 1.29 is 9.90 Å². The summed E-state index contributed by atoms with van der Waals surface area (Å²) in [5.41, 5.74) is 2.40. The van der Waals surface area contributed by atoms with E-state index in [0.29, 0.717) is 23.1 Å². The molecule has 0 atom stereocenters. The zero-order chi connectivity index (χ0) is 18.3. The Kier molecular flexibility index (Phi) is 4.22. The molecule has 1 N–H and O–H groups in total. The molecule has 4 aromatic rings. The van der Waals surface area contributed by atoms with Crippen LogP contribution in [0.3, 0.4) is 0 Å². The molecule has 0 radical (unpaired) electrons. The quantitative estimate of drug-likeness (QED) is 0.546. The number of carbonyl (C=O) groups is 1. The van der Waals surface area contributed by atoms with Gasteiger partial charge in [-0.1, -0.05) is 17.7 Å². The fraction of sp³-hybridized carbons (Fsp3) is 0.105. The van der Waals surface area contributed by atoms with Gasteiger partial charge >= 0.3 is 5.97 Å². The van der Waals surface area contributed by atoms with Gasteiger partial charge in [-0.25, -0.2) is 9.78 Å². The molecule has 0 spiro atoms. The molecule has 3 heterocycles. The number of aryl methyl sites for hydroxylation is 1. The Morgan fingerprint density at radius 3 is 2.88 bits per heavy atom. The van der Waals surface area contributed by atoms with Gasteiger partial charge in [0.15, 0.2) is 5.69 Å². The third-order valence-corrected chi connectivity index (χ3v) is 5.53. The summed E-state index contributed by atoms with van der Waals surface area (Å²) in [6.07, 6.45) is 3.36. The lowest BCUT2D eigenvalue weighted by Crippen LogP contribution is -2.11. The maximum atomic E-state index is 11.8. The van der Waals surface area contributed by atoms with Crippen LogP contribution in [0.25, 0.3) is 21.5 Å². The zero-order valence-corrected chi connectivity index (χ0v) is 15.4. The van der Waals surface area contributed by atoms with Crippen LogP contribution in [0.2, 0.25) is 5.02 Å². The van der Waals surface area contributed by atoms with Gasteiger partial charge in [-0.05, 0) is 42.1 Å². The average molecular weight is 384 g/mol. The van der Waals surface area contributed by atoms with E-state index in [4.69, 9.17) is 11.6 Å². The average Bonchev–Trinajstić information content (AvgIpc) is 3.18. The highest BCUT2D eigenvalue weighted by Gasteiger charge is 2.22. The van der Waals surface area contributed by atoms with Crippen LogP contribution in [0.5, 0.6) is 0 Å². The Hall–Kier alpha value is -2.70. The minimum atomic E-state index is -1.00. The zero-order valence-electron chi connectivity index (χ0n) is 13.8. The van der Waals surface area contributed by atoms with Crippen LogP contribution in [0.4, 0.5) is 0 Å². The second kappa shape index (κ2) is 6.55. The van der Waals surface area contributed by atoms with Crippen LogP contribution in [0.15, 0.2) is 48.1 Å². The standard InChI is InChI=1S/C19H14ClN3O2S/c1-11-17(19(24)25)23(18(22-11)12-4-3-7-21-8-12)9-13-10-26-15-6-2-5-14(20)16(13)15/h2-8,10H,9H2,1H3,(H,24,25). The number of carboxylic acid groups (broad SMARTS) is 1. The van der Waals surface area contributed by atoms with Gasteiger partial charge in [0.25, 0.3) is 0 Å². The van der Waals surface area contributed by atoms with Crippen LogP contribution < -0.4 is 0 Å². The number of hydrogen-bond acceptors (Lipinski definition) is 4. The van der Waals surface area contributed by atoms with Crippen molar-refractivity contribution in [3.63, 3.8) is 0 Å². The molecule has 0 bridgehead atoms. The first-order valence-corrected chi connectivity index (χ1v) is 9.17. The van der Waals surface area contributed by atoms with Gasteiger partial charge in [-0.15, -0.1) is 11.3 Å². The minimum Gasteiger partial charge on any atom is -0.477 e. The number of aromatic nitrogens is 3. The molecule has 7 heteroatoms. The van der Waals surface area contributed by atoms with Gasteiger partial charge in [0.2, 0.25) is 0 Å². The number of fused-ring (bicyclic) bond motifs is 1. The molecule has 5 nitrogen and oxygen atoms in total. The van der Waals surface area contributed by atoms with E-state index >= 15 is 0 Å². The molecule has 0 aliphatic heterocycles. The number of hydrogen-bond donors (Lipinski definition) is 1. The third-order valence-electron chi connectivity index (χ3n) is 4.22. The number of thiophene rings is 1. The van der Waals surface area contributed by atoms with E-state index in [1.807, 2.05) is 29.6 Å². The highest BCUT2D eigenvalue weighted by atomic mass is 35.5. The Bertz CT molecular complexity index is 1120. The Labute approximate surface area is 158 Å². The van der Waals surface area contributed by atoms with Gasteiger partial charge in [-0.2, -0.15) is 0 Å². The van der Waals surface area contributed by atoms with Crippen molar-refractivity contribution in [3.8, 4) is 11.4 Å². The van der Waals surface area contributed by atoms with Crippen molar-refractivity contribution in [1.29, 1.82) is 0 Å². The molecule has 0 unspecified atom stereocenters. The number of aromatic carboxylic acids is 1. The van der Waals surface area contributed by atoms with E-state index in [-0.39, 0.29) is 5.69 Å². The molecular weight excluding hydrogens is 370 g/mol. The summed E-state index contributed by atoms with van der Waals surface area (Å²) in [7, 11) is 0. The number of imidazole rings is 1. The number of pyridine rings is 1. The van der Waals surface area contributed by atoms with Gasteiger partial charge in [0.1, 0.15) is 5.82 Å². The second-order valence-corrected chi connectivity index (χ2v) is 7.19. The number of rotatable bonds is 4. The molecule has 130 valence electrons. The van der Waals surface area contributed by atoms with Crippen molar-refractivity contribution >= 4 is 39.0 Å². The smallest absolute Gasteiger partial charge is 0.354 e. The maximum absolute atomic E-state index is 11.8. The van der Waals surface area contributed by atoms with Crippen molar-refractivity contribution in [2.75, 3.05) is 0 Å². The molecule has 0 aliphatic carbocycles. The van der Waals surface area contributed by atoms with Crippen LogP contribution in [0.1, 0.15) is 21.7 Å². The SMILES string of the molecule is Cc1nc(-c2cccnc2)n(Cc2csc3cccc(Cl)c23)c1C(=O)O. The molecule has 3 aromatic heterocycles. The van der Waals surface area contributed by atoms with Gasteiger partial charge in [0, 0.05) is 33.1 Å². The van der Waals surface area contributed by atoms with E-state index in [1.54, 1.807) is 41.3 Å². The van der Waals surface area contributed by atoms with Gasteiger partial charge in [-0.3, -0.25) is 4.98 Å². The normalized spacial score (nSPS) is 11.2. The van der Waals surface area contributed by atoms with E-state index < -0.39 is 5.97 Å². The molecule has 0 saturated carbocycles. The lowest BCUT2D eigenvalue weighted by Gasteiger charge is -2.10. The molecule has 0 aliphatic rings. The van der Waals surface area contributed by atoms with Crippen molar-refractivity contribution in [3.05, 3.63) is 70.1 Å². The van der Waals surface area contributed by atoms with Gasteiger partial charge < -0.3 is 9.67 Å². The summed E-state index contributed by atoms with van der Waals surface area (Å²) in [5.74, 6) is -0.421. The lowest BCUT2D eigenvalue weighted by atomic mass is 10.1.